The number of hydrogen-bond acceptors (Lipinski definition) is 6. The van der Waals surface area contributed by atoms with E-state index in [0.29, 0.717) is 45.1 Å². The predicted molar refractivity (Wildman–Crippen MR) is 120 cm³/mol. The van der Waals surface area contributed by atoms with Gasteiger partial charge in [-0.3, -0.25) is 4.79 Å². The van der Waals surface area contributed by atoms with Crippen LogP contribution >= 0.6 is 0 Å². The average Bonchev–Trinajstić information content (AvgIpc) is 2.82. The van der Waals surface area contributed by atoms with Crippen LogP contribution in [0.5, 0.6) is 17.2 Å². The van der Waals surface area contributed by atoms with E-state index in [1.54, 1.807) is 55.6 Å². The molecule has 0 bridgehead atoms. The molecule has 0 atom stereocenters. The molecule has 0 saturated heterocycles. The highest BCUT2D eigenvalue weighted by Crippen LogP contribution is 2.32. The molecule has 8 heteroatoms. The van der Waals surface area contributed by atoms with E-state index in [1.807, 2.05) is 0 Å². The third kappa shape index (κ3) is 4.02. The lowest BCUT2D eigenvalue weighted by molar-refractivity contribution is 0.355. The summed E-state index contributed by atoms with van der Waals surface area (Å²) in [5.74, 6) is 1.44. The Balaban J connectivity index is 1.96. The molecule has 4 rings (SSSR count). The van der Waals surface area contributed by atoms with Gasteiger partial charge in [0.15, 0.2) is 17.3 Å². The van der Waals surface area contributed by atoms with Crippen LogP contribution in [0.1, 0.15) is 5.56 Å². The van der Waals surface area contributed by atoms with Crippen LogP contribution in [0, 0.1) is 5.82 Å². The van der Waals surface area contributed by atoms with Crippen molar-refractivity contribution < 1.29 is 18.6 Å². The van der Waals surface area contributed by atoms with Crippen molar-refractivity contribution in [3.63, 3.8) is 0 Å². The number of ether oxygens (including phenoxy) is 3. The molecule has 162 valence electrons. The maximum atomic E-state index is 13.6. The van der Waals surface area contributed by atoms with Gasteiger partial charge < -0.3 is 14.2 Å². The van der Waals surface area contributed by atoms with Crippen LogP contribution in [0.2, 0.25) is 0 Å². The van der Waals surface area contributed by atoms with E-state index < -0.39 is 11.4 Å². The van der Waals surface area contributed by atoms with E-state index in [2.05, 4.69) is 10.1 Å². The second-order valence-corrected chi connectivity index (χ2v) is 6.80. The van der Waals surface area contributed by atoms with Crippen molar-refractivity contribution in [1.29, 1.82) is 0 Å². The molecule has 0 radical (unpaired) electrons. The van der Waals surface area contributed by atoms with Crippen LogP contribution in [0.15, 0.2) is 70.6 Å². The summed E-state index contributed by atoms with van der Waals surface area (Å²) in [6.07, 6.45) is 1.41. The Kier molecular flexibility index (Phi) is 5.85. The van der Waals surface area contributed by atoms with Crippen molar-refractivity contribution >= 4 is 17.1 Å². The Labute approximate surface area is 183 Å². The first-order chi connectivity index (χ1) is 15.5. The van der Waals surface area contributed by atoms with E-state index >= 15 is 0 Å². The van der Waals surface area contributed by atoms with E-state index in [1.165, 1.54) is 37.2 Å². The summed E-state index contributed by atoms with van der Waals surface area (Å²) in [4.78, 5) is 18.0. The Hall–Kier alpha value is -4.20. The quantitative estimate of drug-likeness (QED) is 0.428. The largest absolute Gasteiger partial charge is 0.497 e. The van der Waals surface area contributed by atoms with Gasteiger partial charge in [0.1, 0.15) is 11.6 Å². The molecule has 1 heterocycles. The smallest absolute Gasteiger partial charge is 0.282 e. The van der Waals surface area contributed by atoms with Gasteiger partial charge in [0.05, 0.1) is 38.4 Å². The number of methoxy groups -OCH3 is 3. The molecule has 32 heavy (non-hydrogen) atoms. The van der Waals surface area contributed by atoms with Crippen molar-refractivity contribution in [3.05, 3.63) is 82.4 Å². The molecular formula is C24H20FN3O4. The zero-order chi connectivity index (χ0) is 22.7. The molecule has 0 aliphatic carbocycles. The predicted octanol–water partition coefficient (Wildman–Crippen LogP) is 4.11. The standard InChI is InChI=1S/C24H20FN3O4/c1-30-18-8-9-20-19(13-18)24(29)28(26-14-15-5-4-6-17(25)11-15)23(27-20)16-7-10-21(31-2)22(12-16)32-3/h4-14H,1-3H3. The van der Waals surface area contributed by atoms with Gasteiger partial charge in [-0.15, -0.1) is 0 Å². The first kappa shape index (κ1) is 21.0. The Morgan fingerprint density at radius 1 is 0.938 bits per heavy atom. The lowest BCUT2D eigenvalue weighted by atomic mass is 10.1. The number of nitrogens with zero attached hydrogens (tertiary/aromatic N) is 3. The summed E-state index contributed by atoms with van der Waals surface area (Å²) in [7, 11) is 4.59. The van der Waals surface area contributed by atoms with E-state index in [4.69, 9.17) is 14.2 Å². The van der Waals surface area contributed by atoms with E-state index in [9.17, 15) is 9.18 Å². The van der Waals surface area contributed by atoms with Crippen molar-refractivity contribution in [2.75, 3.05) is 21.3 Å². The Morgan fingerprint density at radius 3 is 2.47 bits per heavy atom. The maximum Gasteiger partial charge on any atom is 0.282 e. The summed E-state index contributed by atoms with van der Waals surface area (Å²) < 4.78 is 30.7. The maximum absolute atomic E-state index is 13.6. The van der Waals surface area contributed by atoms with E-state index in [0.717, 1.165) is 0 Å². The van der Waals surface area contributed by atoms with E-state index in [-0.39, 0.29) is 0 Å². The monoisotopic (exact) mass is 433 g/mol. The minimum atomic E-state index is -0.400. The molecule has 0 amide bonds. The zero-order valence-electron chi connectivity index (χ0n) is 17.7. The van der Waals surface area contributed by atoms with Gasteiger partial charge in [0.25, 0.3) is 5.56 Å². The second-order valence-electron chi connectivity index (χ2n) is 6.80. The van der Waals surface area contributed by atoms with Gasteiger partial charge in [-0.2, -0.15) is 9.78 Å². The molecule has 0 aliphatic heterocycles. The number of benzene rings is 3. The van der Waals surface area contributed by atoms with Crippen LogP contribution < -0.4 is 19.8 Å². The zero-order valence-corrected chi connectivity index (χ0v) is 17.7. The first-order valence-electron chi connectivity index (χ1n) is 9.67. The van der Waals surface area contributed by atoms with Crippen molar-refractivity contribution in [1.82, 2.24) is 9.66 Å². The lowest BCUT2D eigenvalue weighted by Gasteiger charge is -2.13. The molecule has 3 aromatic carbocycles. The highest BCUT2D eigenvalue weighted by Gasteiger charge is 2.15. The minimum Gasteiger partial charge on any atom is -0.497 e. The molecule has 0 saturated carbocycles. The second kappa shape index (κ2) is 8.89. The van der Waals surface area contributed by atoms with Gasteiger partial charge >= 0.3 is 0 Å². The summed E-state index contributed by atoms with van der Waals surface area (Å²) in [5.41, 5.74) is 1.18. The third-order valence-corrected chi connectivity index (χ3v) is 4.87. The summed E-state index contributed by atoms with van der Waals surface area (Å²) in [6.45, 7) is 0. The highest BCUT2D eigenvalue weighted by molar-refractivity contribution is 5.83. The first-order valence-corrected chi connectivity index (χ1v) is 9.67. The molecule has 7 nitrogen and oxygen atoms in total. The van der Waals surface area contributed by atoms with Gasteiger partial charge in [-0.25, -0.2) is 9.37 Å². The van der Waals surface area contributed by atoms with Crippen molar-refractivity contribution in [2.45, 2.75) is 0 Å². The molecular weight excluding hydrogens is 413 g/mol. The fourth-order valence-electron chi connectivity index (χ4n) is 3.26. The third-order valence-electron chi connectivity index (χ3n) is 4.87. The lowest BCUT2D eigenvalue weighted by Crippen LogP contribution is -2.20. The molecule has 0 N–H and O–H groups in total. The van der Waals surface area contributed by atoms with Gasteiger partial charge in [-0.05, 0) is 54.1 Å². The van der Waals surface area contributed by atoms with Crippen molar-refractivity contribution in [3.8, 4) is 28.6 Å². The summed E-state index contributed by atoms with van der Waals surface area (Å²) in [5, 5.41) is 4.67. The van der Waals surface area contributed by atoms with Crippen LogP contribution in [0.4, 0.5) is 4.39 Å². The number of rotatable bonds is 6. The van der Waals surface area contributed by atoms with Crippen molar-refractivity contribution in [2.24, 2.45) is 5.10 Å². The Morgan fingerprint density at radius 2 is 1.75 bits per heavy atom. The fraction of sp³-hybridized carbons (Fsp3) is 0.125. The number of fused-ring (bicyclic) bond motifs is 1. The molecule has 4 aromatic rings. The minimum absolute atomic E-state index is 0.293. The SMILES string of the molecule is COc1ccc2nc(-c3ccc(OC)c(OC)c3)n(N=Cc3cccc(F)c3)c(=O)c2c1. The molecule has 0 spiro atoms. The molecule has 0 aliphatic rings. The molecule has 0 fully saturated rings. The van der Waals surface area contributed by atoms with Crippen LogP contribution in [-0.4, -0.2) is 37.2 Å². The average molecular weight is 433 g/mol. The van der Waals surface area contributed by atoms with Gasteiger partial charge in [0.2, 0.25) is 0 Å². The van der Waals surface area contributed by atoms with Gasteiger partial charge in [0, 0.05) is 5.56 Å². The van der Waals surface area contributed by atoms with Crippen LogP contribution in [0.3, 0.4) is 0 Å². The number of halogens is 1. The van der Waals surface area contributed by atoms with Gasteiger partial charge in [-0.1, -0.05) is 12.1 Å². The summed E-state index contributed by atoms with van der Waals surface area (Å²) in [6, 6.07) is 16.1. The molecule has 0 unspecified atom stereocenters. The normalized spacial score (nSPS) is 11.1. The number of hydrogen-bond donors (Lipinski definition) is 0. The summed E-state index contributed by atoms with van der Waals surface area (Å²) >= 11 is 0. The Bertz CT molecular complexity index is 1380. The number of aromatic nitrogens is 2. The molecule has 1 aromatic heterocycles. The fourth-order valence-corrected chi connectivity index (χ4v) is 3.26. The van der Waals surface area contributed by atoms with Crippen LogP contribution in [0.25, 0.3) is 22.3 Å². The van der Waals surface area contributed by atoms with Crippen LogP contribution in [-0.2, 0) is 0 Å². The topological polar surface area (TPSA) is 74.9 Å². The highest BCUT2D eigenvalue weighted by atomic mass is 19.1.